The van der Waals surface area contributed by atoms with Crippen LogP contribution < -0.4 is 0 Å². The molecule has 0 N–H and O–H groups in total. The number of hydrogen-bond donors (Lipinski definition) is 0. The largest absolute Gasteiger partial charge is 0.462 e. The Balaban J connectivity index is 0.000000153. The summed E-state index contributed by atoms with van der Waals surface area (Å²) in [6.45, 7) is 12.7. The first-order valence-corrected chi connectivity index (χ1v) is 25.3. The first kappa shape index (κ1) is 42.7. The zero-order chi connectivity index (χ0) is 42.5. The smallest absolute Gasteiger partial charge is 0.311 e. The molecule has 0 saturated heterocycles. The van der Waals surface area contributed by atoms with Crippen molar-refractivity contribution < 1.29 is 47.6 Å². The maximum Gasteiger partial charge on any atom is 0.311 e. The van der Waals surface area contributed by atoms with Crippen molar-refractivity contribution in [2.75, 3.05) is 20.2 Å². The van der Waals surface area contributed by atoms with Crippen molar-refractivity contribution >= 4 is 23.9 Å². The molecule has 0 radical (unpaired) electrons. The molecule has 340 valence electrons. The Labute approximate surface area is 364 Å². The van der Waals surface area contributed by atoms with Crippen molar-refractivity contribution in [3.63, 3.8) is 0 Å². The molecule has 0 heterocycles. The van der Waals surface area contributed by atoms with Gasteiger partial charge in [0.05, 0.1) is 29.3 Å². The third kappa shape index (κ3) is 7.41. The second-order valence-electron chi connectivity index (χ2n) is 23.3. The van der Waals surface area contributed by atoms with Crippen LogP contribution in [0.4, 0.5) is 0 Å². The molecule has 12 aliphatic carbocycles. The van der Waals surface area contributed by atoms with Gasteiger partial charge >= 0.3 is 23.9 Å². The van der Waals surface area contributed by atoms with Crippen molar-refractivity contribution in [1.82, 2.24) is 0 Å². The first-order valence-electron chi connectivity index (χ1n) is 25.3. The molecule has 12 rings (SSSR count). The maximum atomic E-state index is 13.2. The summed E-state index contributed by atoms with van der Waals surface area (Å²) in [5, 5.41) is 0. The molecule has 17 unspecified atom stereocenters. The Hall–Kier alpha value is -2.20. The zero-order valence-corrected chi connectivity index (χ0v) is 38.0. The summed E-state index contributed by atoms with van der Waals surface area (Å²) in [5.74, 6) is 10.1. The van der Waals surface area contributed by atoms with Crippen LogP contribution in [0.2, 0.25) is 0 Å². The molecule has 61 heavy (non-hydrogen) atoms. The van der Waals surface area contributed by atoms with Crippen LogP contribution in [0.1, 0.15) is 138 Å². The molecule has 0 aromatic carbocycles. The van der Waals surface area contributed by atoms with Crippen LogP contribution in [0.25, 0.3) is 0 Å². The highest BCUT2D eigenvalue weighted by Crippen LogP contribution is 2.71. The van der Waals surface area contributed by atoms with Gasteiger partial charge in [-0.1, -0.05) is 20.8 Å². The van der Waals surface area contributed by atoms with E-state index in [0.29, 0.717) is 83.7 Å². The van der Waals surface area contributed by atoms with E-state index >= 15 is 0 Å². The zero-order valence-electron chi connectivity index (χ0n) is 38.0. The molecule has 12 aliphatic rings. The summed E-state index contributed by atoms with van der Waals surface area (Å²) in [4.78, 5) is 50.8. The van der Waals surface area contributed by atoms with Crippen LogP contribution >= 0.6 is 0 Å². The van der Waals surface area contributed by atoms with Gasteiger partial charge in [-0.3, -0.25) is 19.2 Å². The van der Waals surface area contributed by atoms with Gasteiger partial charge in [-0.05, 0) is 212 Å². The van der Waals surface area contributed by atoms with Crippen molar-refractivity contribution in [2.24, 2.45) is 118 Å². The molecule has 10 nitrogen and oxygen atoms in total. The standard InChI is InChI=1S/C30H44O5.C21H32O5/c1-4-30(2,3)29(32)35-24-13-18-12-23(24)26-21-10-17(25(18)26)11-22(21)28(31)34-14-33-27-19-6-15-5-16(8-19)9-20(27)7-15;1-4-11(3)20(22)26-17-9-13-8-16(17)19-14-6-12(18(13)19)7-15(14)21(23)25-10-24-5-2/h15-27H,4-14H2,1-3H3;11-19H,4-10H2,1-3H3. The van der Waals surface area contributed by atoms with E-state index in [4.69, 9.17) is 28.4 Å². The molecule has 0 amide bonds. The van der Waals surface area contributed by atoms with Gasteiger partial charge in [-0.2, -0.15) is 0 Å². The number of fused-ring (bicyclic) bond motifs is 18. The van der Waals surface area contributed by atoms with E-state index in [2.05, 4.69) is 6.92 Å². The third-order valence-electron chi connectivity index (χ3n) is 20.2. The molecule has 0 spiro atoms. The monoisotopic (exact) mass is 849 g/mol. The molecular weight excluding hydrogens is 773 g/mol. The summed E-state index contributed by atoms with van der Waals surface area (Å²) in [6.07, 6.45) is 17.5. The number of carbonyl (C=O) groups is 4. The predicted molar refractivity (Wildman–Crippen MR) is 225 cm³/mol. The quantitative estimate of drug-likeness (QED) is 0.0550. The second-order valence-corrected chi connectivity index (χ2v) is 23.3. The fourth-order valence-electron chi connectivity index (χ4n) is 17.5. The van der Waals surface area contributed by atoms with Crippen LogP contribution in [0.3, 0.4) is 0 Å². The first-order chi connectivity index (χ1) is 29.4. The van der Waals surface area contributed by atoms with E-state index in [9.17, 15) is 19.2 Å². The molecule has 12 saturated carbocycles. The second kappa shape index (κ2) is 16.7. The van der Waals surface area contributed by atoms with Crippen LogP contribution in [0.5, 0.6) is 0 Å². The van der Waals surface area contributed by atoms with E-state index in [-0.39, 0.29) is 67.4 Å². The minimum absolute atomic E-state index is 0.0196. The van der Waals surface area contributed by atoms with Gasteiger partial charge in [0, 0.05) is 6.61 Å². The van der Waals surface area contributed by atoms with Gasteiger partial charge in [-0.15, -0.1) is 0 Å². The van der Waals surface area contributed by atoms with Gasteiger partial charge in [0.25, 0.3) is 0 Å². The van der Waals surface area contributed by atoms with Crippen LogP contribution in [0.15, 0.2) is 0 Å². The summed E-state index contributed by atoms with van der Waals surface area (Å²) in [6, 6.07) is 0. The molecule has 12 bridgehead atoms. The lowest BCUT2D eigenvalue weighted by molar-refractivity contribution is -0.192. The van der Waals surface area contributed by atoms with Crippen molar-refractivity contribution in [3.05, 3.63) is 0 Å². The SMILES string of the molecule is CCC(C)(C)C(=O)OC1CC2CC1C1C3CC(CC3C(=O)OCOC3C4CC5CC(C4)CC3C5)C21.CCOCOC(=O)C1CC2CC1C1C3CC(CC3OC(=O)C(C)CC)C21. The number of hydrogen-bond acceptors (Lipinski definition) is 10. The minimum Gasteiger partial charge on any atom is -0.462 e. The van der Waals surface area contributed by atoms with E-state index in [1.165, 1.54) is 51.4 Å². The Morgan fingerprint density at radius 1 is 0.557 bits per heavy atom. The highest BCUT2D eigenvalue weighted by Gasteiger charge is 2.68. The van der Waals surface area contributed by atoms with Crippen molar-refractivity contribution in [1.29, 1.82) is 0 Å². The topological polar surface area (TPSA) is 124 Å². The molecule has 17 atom stereocenters. The van der Waals surface area contributed by atoms with Crippen molar-refractivity contribution in [2.45, 2.75) is 156 Å². The number of ether oxygens (including phenoxy) is 6. The normalized spacial score (nSPS) is 47.5. The van der Waals surface area contributed by atoms with E-state index in [1.54, 1.807) is 0 Å². The van der Waals surface area contributed by atoms with Gasteiger partial charge in [-0.25, -0.2) is 0 Å². The predicted octanol–water partition coefficient (Wildman–Crippen LogP) is 9.01. The molecule has 12 fully saturated rings. The van der Waals surface area contributed by atoms with Crippen LogP contribution in [-0.2, 0) is 47.6 Å². The maximum absolute atomic E-state index is 13.2. The minimum atomic E-state index is -0.417. The Morgan fingerprint density at radius 3 is 1.56 bits per heavy atom. The van der Waals surface area contributed by atoms with E-state index in [1.807, 2.05) is 34.6 Å². The van der Waals surface area contributed by atoms with Crippen molar-refractivity contribution in [3.8, 4) is 0 Å². The number of esters is 4. The summed E-state index contributed by atoms with van der Waals surface area (Å²) in [7, 11) is 0. The lowest BCUT2D eigenvalue weighted by Gasteiger charge is -2.53. The Bertz CT molecular complexity index is 1650. The lowest BCUT2D eigenvalue weighted by Crippen LogP contribution is -2.49. The number of rotatable bonds is 14. The average Bonchev–Trinajstić information content (AvgIpc) is 4.11. The van der Waals surface area contributed by atoms with Gasteiger partial charge < -0.3 is 28.4 Å². The highest BCUT2D eigenvalue weighted by atomic mass is 16.7. The van der Waals surface area contributed by atoms with Gasteiger partial charge in [0.2, 0.25) is 0 Å². The number of carbonyl (C=O) groups excluding carboxylic acids is 4. The average molecular weight is 849 g/mol. The molecule has 0 aliphatic heterocycles. The molecule has 10 heteroatoms. The third-order valence-corrected chi connectivity index (χ3v) is 20.2. The highest BCUT2D eigenvalue weighted by molar-refractivity contribution is 5.76. The van der Waals surface area contributed by atoms with E-state index in [0.717, 1.165) is 68.6 Å². The molecular formula is C51H76O10. The fourth-order valence-corrected chi connectivity index (χ4v) is 17.5. The van der Waals surface area contributed by atoms with Gasteiger partial charge in [0.15, 0.2) is 13.6 Å². The molecule has 0 aromatic heterocycles. The Morgan fingerprint density at radius 2 is 1.05 bits per heavy atom. The van der Waals surface area contributed by atoms with Crippen LogP contribution in [0, 0.1) is 118 Å². The summed E-state index contributed by atoms with van der Waals surface area (Å²) in [5.41, 5.74) is -0.417. The lowest BCUT2D eigenvalue weighted by atomic mass is 9.55. The fraction of sp³-hybridized carbons (Fsp3) is 0.922. The molecule has 0 aromatic rings. The summed E-state index contributed by atoms with van der Waals surface area (Å²) >= 11 is 0. The van der Waals surface area contributed by atoms with Gasteiger partial charge in [0.1, 0.15) is 12.2 Å². The Kier molecular flexibility index (Phi) is 11.7. The van der Waals surface area contributed by atoms with Crippen LogP contribution in [-0.4, -0.2) is 62.4 Å². The van der Waals surface area contributed by atoms with E-state index < -0.39 is 5.41 Å². The summed E-state index contributed by atoms with van der Waals surface area (Å²) < 4.78 is 34.6.